The van der Waals surface area contributed by atoms with Crippen LogP contribution in [-0.4, -0.2) is 31.7 Å². The summed E-state index contributed by atoms with van der Waals surface area (Å²) >= 11 is 1.36. The van der Waals surface area contributed by atoms with Gasteiger partial charge >= 0.3 is 0 Å². The molecule has 0 N–H and O–H groups in total. The Morgan fingerprint density at radius 3 is 3.10 bits per heavy atom. The second-order valence-corrected chi connectivity index (χ2v) is 5.92. The topological polar surface area (TPSA) is 60.7 Å². The first-order chi connectivity index (χ1) is 10.3. The van der Waals surface area contributed by atoms with Crippen LogP contribution in [0.4, 0.5) is 0 Å². The van der Waals surface area contributed by atoms with E-state index in [-0.39, 0.29) is 5.78 Å². The lowest BCUT2D eigenvalue weighted by atomic mass is 10.0. The minimum absolute atomic E-state index is 0.114. The predicted octanol–water partition coefficient (Wildman–Crippen LogP) is 2.32. The van der Waals surface area contributed by atoms with Crippen molar-refractivity contribution in [3.8, 4) is 0 Å². The van der Waals surface area contributed by atoms with Gasteiger partial charge in [0.1, 0.15) is 0 Å². The summed E-state index contributed by atoms with van der Waals surface area (Å²) in [6.45, 7) is 4.20. The van der Waals surface area contributed by atoms with Crippen LogP contribution >= 0.6 is 11.8 Å². The minimum atomic E-state index is 0.114. The lowest BCUT2D eigenvalue weighted by molar-refractivity contribution is 0.102. The molecule has 0 amide bonds. The number of carbonyl (C=O) groups excluding carboxylic acids is 1. The molecule has 1 heterocycles. The van der Waals surface area contributed by atoms with Gasteiger partial charge in [0, 0.05) is 5.56 Å². The first kappa shape index (κ1) is 14.0. The summed E-state index contributed by atoms with van der Waals surface area (Å²) in [7, 11) is 0. The van der Waals surface area contributed by atoms with Crippen LogP contribution in [0.1, 0.15) is 27.9 Å². The molecule has 0 aliphatic heterocycles. The van der Waals surface area contributed by atoms with Gasteiger partial charge in [0.05, 0.1) is 12.3 Å². The van der Waals surface area contributed by atoms with Crippen molar-refractivity contribution in [2.24, 2.45) is 0 Å². The monoisotopic (exact) mass is 300 g/mol. The molecular weight excluding hydrogens is 284 g/mol. The molecule has 21 heavy (non-hydrogen) atoms. The molecule has 108 valence electrons. The zero-order chi connectivity index (χ0) is 14.7. The standard InChI is InChI=1S/C15H16N4OS/c1-2-8-19-15(16-17-18-19)21-10-14(20)13-7-6-11-4-3-5-12(11)9-13/h2,6-7,9H,1,3-5,8,10H2. The SMILES string of the molecule is C=CCn1nnnc1SCC(=O)c1ccc2c(c1)CCC2. The molecule has 0 saturated heterocycles. The Morgan fingerprint density at radius 1 is 1.38 bits per heavy atom. The van der Waals surface area contributed by atoms with Crippen LogP contribution < -0.4 is 0 Å². The molecule has 0 unspecified atom stereocenters. The third-order valence-corrected chi connectivity index (χ3v) is 4.51. The van der Waals surface area contributed by atoms with Crippen molar-refractivity contribution >= 4 is 17.5 Å². The Kier molecular flexibility index (Phi) is 4.15. The van der Waals surface area contributed by atoms with Gasteiger partial charge in [-0.2, -0.15) is 0 Å². The van der Waals surface area contributed by atoms with E-state index in [0.717, 1.165) is 18.4 Å². The average molecular weight is 300 g/mol. The molecule has 2 aromatic rings. The van der Waals surface area contributed by atoms with Crippen molar-refractivity contribution in [1.82, 2.24) is 20.2 Å². The smallest absolute Gasteiger partial charge is 0.210 e. The number of nitrogens with zero attached hydrogens (tertiary/aromatic N) is 4. The van der Waals surface area contributed by atoms with Crippen LogP contribution in [0.25, 0.3) is 0 Å². The fraction of sp³-hybridized carbons (Fsp3) is 0.333. The molecule has 1 aromatic heterocycles. The van der Waals surface area contributed by atoms with Gasteiger partial charge in [0.2, 0.25) is 5.16 Å². The quantitative estimate of drug-likeness (QED) is 0.465. The van der Waals surface area contributed by atoms with E-state index in [1.807, 2.05) is 12.1 Å². The molecule has 0 spiro atoms. The van der Waals surface area contributed by atoms with Crippen molar-refractivity contribution in [1.29, 1.82) is 0 Å². The van der Waals surface area contributed by atoms with Crippen molar-refractivity contribution in [2.45, 2.75) is 31.0 Å². The summed E-state index contributed by atoms with van der Waals surface area (Å²) in [4.78, 5) is 12.3. The third kappa shape index (κ3) is 3.05. The lowest BCUT2D eigenvalue weighted by Crippen LogP contribution is -2.06. The van der Waals surface area contributed by atoms with E-state index in [0.29, 0.717) is 17.5 Å². The van der Waals surface area contributed by atoms with Gasteiger partial charge in [-0.3, -0.25) is 4.79 Å². The maximum Gasteiger partial charge on any atom is 0.210 e. The van der Waals surface area contributed by atoms with Gasteiger partial charge in [-0.15, -0.1) is 11.7 Å². The largest absolute Gasteiger partial charge is 0.293 e. The van der Waals surface area contributed by atoms with E-state index in [1.165, 1.54) is 29.3 Å². The van der Waals surface area contributed by atoms with Crippen molar-refractivity contribution in [3.63, 3.8) is 0 Å². The van der Waals surface area contributed by atoms with Crippen LogP contribution in [0.2, 0.25) is 0 Å². The molecule has 3 rings (SSSR count). The lowest BCUT2D eigenvalue weighted by Gasteiger charge is -2.04. The number of allylic oxidation sites excluding steroid dienone is 1. The molecule has 5 nitrogen and oxygen atoms in total. The van der Waals surface area contributed by atoms with E-state index in [1.54, 1.807) is 10.8 Å². The predicted molar refractivity (Wildman–Crippen MR) is 81.5 cm³/mol. The Morgan fingerprint density at radius 2 is 2.24 bits per heavy atom. The highest BCUT2D eigenvalue weighted by atomic mass is 32.2. The van der Waals surface area contributed by atoms with Crippen LogP contribution in [0.3, 0.4) is 0 Å². The van der Waals surface area contributed by atoms with Gasteiger partial charge in [-0.25, -0.2) is 4.68 Å². The summed E-state index contributed by atoms with van der Waals surface area (Å²) in [6, 6.07) is 6.06. The van der Waals surface area contributed by atoms with Crippen molar-refractivity contribution < 1.29 is 4.79 Å². The van der Waals surface area contributed by atoms with Crippen molar-refractivity contribution in [2.75, 3.05) is 5.75 Å². The zero-order valence-electron chi connectivity index (χ0n) is 11.7. The molecule has 0 radical (unpaired) electrons. The Labute approximate surface area is 127 Å². The fourth-order valence-electron chi connectivity index (χ4n) is 2.50. The third-order valence-electron chi connectivity index (χ3n) is 3.55. The van der Waals surface area contributed by atoms with Crippen LogP contribution in [0.15, 0.2) is 36.0 Å². The second kappa shape index (κ2) is 6.22. The number of hydrogen-bond acceptors (Lipinski definition) is 5. The van der Waals surface area contributed by atoms with Crippen LogP contribution in [0.5, 0.6) is 0 Å². The maximum atomic E-state index is 12.3. The summed E-state index contributed by atoms with van der Waals surface area (Å²) in [5, 5.41) is 12.0. The van der Waals surface area contributed by atoms with Crippen molar-refractivity contribution in [3.05, 3.63) is 47.5 Å². The average Bonchev–Trinajstić information content (AvgIpc) is 3.13. The highest BCUT2D eigenvalue weighted by Gasteiger charge is 2.15. The summed E-state index contributed by atoms with van der Waals surface area (Å²) < 4.78 is 1.63. The molecule has 0 fully saturated rings. The zero-order valence-corrected chi connectivity index (χ0v) is 12.5. The summed E-state index contributed by atoms with van der Waals surface area (Å²) in [5.41, 5.74) is 3.49. The molecule has 1 aromatic carbocycles. The molecular formula is C15H16N4OS. The number of aryl methyl sites for hydroxylation is 2. The van der Waals surface area contributed by atoms with E-state index in [4.69, 9.17) is 0 Å². The fourth-order valence-corrected chi connectivity index (χ4v) is 3.28. The minimum Gasteiger partial charge on any atom is -0.293 e. The highest BCUT2D eigenvalue weighted by molar-refractivity contribution is 7.99. The Bertz CT molecular complexity index is 680. The number of fused-ring (bicyclic) bond motifs is 1. The highest BCUT2D eigenvalue weighted by Crippen LogP contribution is 2.24. The number of Topliss-reactive ketones (excluding diaryl/α,β-unsaturated/α-hetero) is 1. The van der Waals surface area contributed by atoms with E-state index in [2.05, 4.69) is 28.2 Å². The summed E-state index contributed by atoms with van der Waals surface area (Å²) in [5.74, 6) is 0.457. The van der Waals surface area contributed by atoms with Crippen LogP contribution in [0, 0.1) is 0 Å². The number of ketones is 1. The number of rotatable bonds is 6. The van der Waals surface area contributed by atoms with Crippen LogP contribution in [-0.2, 0) is 19.4 Å². The maximum absolute atomic E-state index is 12.3. The van der Waals surface area contributed by atoms with E-state index < -0.39 is 0 Å². The normalized spacial score (nSPS) is 13.1. The molecule has 0 atom stereocenters. The number of aromatic nitrogens is 4. The number of tetrazole rings is 1. The number of thioether (sulfide) groups is 1. The number of benzene rings is 1. The molecule has 6 heteroatoms. The van der Waals surface area contributed by atoms with Gasteiger partial charge in [-0.1, -0.05) is 30.0 Å². The molecule has 1 aliphatic carbocycles. The van der Waals surface area contributed by atoms with E-state index in [9.17, 15) is 4.79 Å². The molecule has 0 saturated carbocycles. The molecule has 1 aliphatic rings. The van der Waals surface area contributed by atoms with Gasteiger partial charge in [0.15, 0.2) is 5.78 Å². The number of hydrogen-bond donors (Lipinski definition) is 0. The number of carbonyl (C=O) groups is 1. The second-order valence-electron chi connectivity index (χ2n) is 4.98. The first-order valence-corrected chi connectivity index (χ1v) is 7.91. The molecule has 0 bridgehead atoms. The van der Waals surface area contributed by atoms with Gasteiger partial charge in [0.25, 0.3) is 0 Å². The first-order valence-electron chi connectivity index (χ1n) is 6.93. The van der Waals surface area contributed by atoms with E-state index >= 15 is 0 Å². The summed E-state index contributed by atoms with van der Waals surface area (Å²) in [6.07, 6.45) is 5.14. The van der Waals surface area contributed by atoms with Gasteiger partial charge < -0.3 is 0 Å². The Balaban J connectivity index is 1.66. The Hall–Kier alpha value is -1.95. The van der Waals surface area contributed by atoms with Gasteiger partial charge in [-0.05, 0) is 46.9 Å².